The van der Waals surface area contributed by atoms with Crippen molar-refractivity contribution in [3.63, 3.8) is 0 Å². The number of hydrogen-bond donors (Lipinski definition) is 0. The molecule has 0 saturated heterocycles. The van der Waals surface area contributed by atoms with E-state index in [0.717, 1.165) is 27.6 Å². The van der Waals surface area contributed by atoms with Gasteiger partial charge in [-0.3, -0.25) is 4.99 Å². The Balaban J connectivity index is 1.58. The summed E-state index contributed by atoms with van der Waals surface area (Å²) in [4.78, 5) is 4.43. The van der Waals surface area contributed by atoms with Crippen LogP contribution >= 0.6 is 11.6 Å². The first-order valence-corrected chi connectivity index (χ1v) is 7.74. The van der Waals surface area contributed by atoms with E-state index in [0.29, 0.717) is 6.61 Å². The molecule has 0 amide bonds. The van der Waals surface area contributed by atoms with Gasteiger partial charge in [-0.1, -0.05) is 41.9 Å². The molecule has 0 N–H and O–H groups in total. The zero-order chi connectivity index (χ0) is 15.9. The van der Waals surface area contributed by atoms with Crippen LogP contribution in [0.15, 0.2) is 83.9 Å². The second-order valence-corrected chi connectivity index (χ2v) is 5.51. The molecule has 3 heteroatoms. The Bertz CT molecular complexity index is 765. The number of nitrogens with zero attached hydrogens (tertiary/aromatic N) is 1. The molecule has 0 aliphatic carbocycles. The number of hydrogen-bond acceptors (Lipinski definition) is 2. The van der Waals surface area contributed by atoms with Crippen LogP contribution in [-0.2, 0) is 6.61 Å². The second-order valence-electron chi connectivity index (χ2n) is 5.08. The largest absolute Gasteiger partial charge is 0.489 e. The molecule has 2 nitrogen and oxygen atoms in total. The van der Waals surface area contributed by atoms with Gasteiger partial charge in [0.15, 0.2) is 0 Å². The molecule has 0 bridgehead atoms. The van der Waals surface area contributed by atoms with Gasteiger partial charge in [0, 0.05) is 11.2 Å². The van der Waals surface area contributed by atoms with E-state index in [-0.39, 0.29) is 0 Å². The van der Waals surface area contributed by atoms with Crippen molar-refractivity contribution in [1.29, 1.82) is 0 Å². The minimum absolute atomic E-state index is 0.522. The summed E-state index contributed by atoms with van der Waals surface area (Å²) in [5.74, 6) is 0.830. The number of benzene rings is 3. The van der Waals surface area contributed by atoms with Crippen molar-refractivity contribution < 1.29 is 4.74 Å². The van der Waals surface area contributed by atoms with Gasteiger partial charge in [0.1, 0.15) is 12.4 Å². The highest BCUT2D eigenvalue weighted by molar-refractivity contribution is 6.30. The summed E-state index contributed by atoms with van der Waals surface area (Å²) in [6, 6.07) is 25.4. The molecule has 3 aromatic carbocycles. The van der Waals surface area contributed by atoms with Crippen LogP contribution in [0.2, 0.25) is 5.02 Å². The Kier molecular flexibility index (Phi) is 5.07. The summed E-state index contributed by atoms with van der Waals surface area (Å²) in [5, 5.41) is 0.732. The van der Waals surface area contributed by atoms with E-state index in [4.69, 9.17) is 16.3 Å². The zero-order valence-electron chi connectivity index (χ0n) is 12.5. The summed E-state index contributed by atoms with van der Waals surface area (Å²) >= 11 is 5.87. The smallest absolute Gasteiger partial charge is 0.119 e. The van der Waals surface area contributed by atoms with Gasteiger partial charge >= 0.3 is 0 Å². The third-order valence-electron chi connectivity index (χ3n) is 3.32. The number of para-hydroxylation sites is 1. The lowest BCUT2D eigenvalue weighted by atomic mass is 10.2. The highest BCUT2D eigenvalue weighted by Crippen LogP contribution is 2.16. The maximum absolute atomic E-state index is 5.87. The lowest BCUT2D eigenvalue weighted by Gasteiger charge is -2.06. The molecule has 0 atom stereocenters. The van der Waals surface area contributed by atoms with Gasteiger partial charge in [0.2, 0.25) is 0 Å². The fourth-order valence-electron chi connectivity index (χ4n) is 2.06. The van der Waals surface area contributed by atoms with Crippen molar-refractivity contribution >= 4 is 23.5 Å². The van der Waals surface area contributed by atoms with E-state index < -0.39 is 0 Å². The van der Waals surface area contributed by atoms with Crippen molar-refractivity contribution in [3.05, 3.63) is 95.0 Å². The van der Waals surface area contributed by atoms with E-state index in [1.165, 1.54) is 0 Å². The number of aliphatic imine (C=N–C) groups is 1. The standard InChI is InChI=1S/C20H16ClNO/c21-18-10-6-17(7-11-18)15-23-20-12-8-16(9-13-20)14-22-19-4-2-1-3-5-19/h1-14H,15H2. The van der Waals surface area contributed by atoms with Crippen LogP contribution in [0.1, 0.15) is 11.1 Å². The molecule has 23 heavy (non-hydrogen) atoms. The summed E-state index contributed by atoms with van der Waals surface area (Å²) in [7, 11) is 0. The molecule has 0 aromatic heterocycles. The van der Waals surface area contributed by atoms with Crippen LogP contribution in [-0.4, -0.2) is 6.21 Å². The van der Waals surface area contributed by atoms with Crippen molar-refractivity contribution in [3.8, 4) is 5.75 Å². The molecule has 114 valence electrons. The minimum Gasteiger partial charge on any atom is -0.489 e. The van der Waals surface area contributed by atoms with Crippen LogP contribution in [0.5, 0.6) is 5.75 Å². The van der Waals surface area contributed by atoms with Gasteiger partial charge in [-0.25, -0.2) is 0 Å². The number of rotatable bonds is 5. The van der Waals surface area contributed by atoms with Crippen molar-refractivity contribution in [2.24, 2.45) is 4.99 Å². The monoisotopic (exact) mass is 321 g/mol. The van der Waals surface area contributed by atoms with E-state index in [2.05, 4.69) is 4.99 Å². The normalized spacial score (nSPS) is 10.8. The first-order valence-electron chi connectivity index (χ1n) is 7.36. The molecule has 0 unspecified atom stereocenters. The van der Waals surface area contributed by atoms with Crippen LogP contribution in [0, 0.1) is 0 Å². The van der Waals surface area contributed by atoms with Crippen LogP contribution in [0.4, 0.5) is 5.69 Å². The first-order chi connectivity index (χ1) is 11.3. The van der Waals surface area contributed by atoms with E-state index >= 15 is 0 Å². The van der Waals surface area contributed by atoms with Crippen LogP contribution in [0.25, 0.3) is 0 Å². The fraction of sp³-hybridized carbons (Fsp3) is 0.0500. The van der Waals surface area contributed by atoms with E-state index in [9.17, 15) is 0 Å². The molecular weight excluding hydrogens is 306 g/mol. The second kappa shape index (κ2) is 7.61. The van der Waals surface area contributed by atoms with E-state index in [1.54, 1.807) is 0 Å². The van der Waals surface area contributed by atoms with Gasteiger partial charge in [-0.15, -0.1) is 0 Å². The molecule has 0 fully saturated rings. The Morgan fingerprint density at radius 3 is 2.22 bits per heavy atom. The summed E-state index contributed by atoms with van der Waals surface area (Å²) < 4.78 is 5.76. The number of ether oxygens (including phenoxy) is 1. The third kappa shape index (κ3) is 4.70. The molecule has 3 rings (SSSR count). The molecule has 0 heterocycles. The maximum Gasteiger partial charge on any atom is 0.119 e. The van der Waals surface area contributed by atoms with E-state index in [1.807, 2.05) is 85.1 Å². The average Bonchev–Trinajstić information content (AvgIpc) is 2.61. The molecule has 0 radical (unpaired) electrons. The summed E-state index contributed by atoms with van der Waals surface area (Å²) in [6.07, 6.45) is 1.85. The highest BCUT2D eigenvalue weighted by Gasteiger charge is 1.97. The van der Waals surface area contributed by atoms with Gasteiger partial charge in [-0.05, 0) is 59.7 Å². The predicted molar refractivity (Wildman–Crippen MR) is 95.9 cm³/mol. The fourth-order valence-corrected chi connectivity index (χ4v) is 2.19. The average molecular weight is 322 g/mol. The molecule has 0 aliphatic rings. The molecule has 0 aliphatic heterocycles. The minimum atomic E-state index is 0.522. The maximum atomic E-state index is 5.87. The first kappa shape index (κ1) is 15.3. The predicted octanol–water partition coefficient (Wildman–Crippen LogP) is 5.67. The Morgan fingerprint density at radius 1 is 0.826 bits per heavy atom. The van der Waals surface area contributed by atoms with Gasteiger partial charge in [0.05, 0.1) is 5.69 Å². The molecule has 0 spiro atoms. The molecular formula is C20H16ClNO. The van der Waals surface area contributed by atoms with Crippen molar-refractivity contribution in [2.45, 2.75) is 6.61 Å². The Labute approximate surface area is 141 Å². The van der Waals surface area contributed by atoms with Crippen molar-refractivity contribution in [2.75, 3.05) is 0 Å². The molecule has 0 saturated carbocycles. The van der Waals surface area contributed by atoms with Crippen LogP contribution < -0.4 is 4.74 Å². The Hall–Kier alpha value is -2.58. The highest BCUT2D eigenvalue weighted by atomic mass is 35.5. The molecule has 3 aromatic rings. The van der Waals surface area contributed by atoms with Gasteiger partial charge in [-0.2, -0.15) is 0 Å². The summed E-state index contributed by atoms with van der Waals surface area (Å²) in [5.41, 5.74) is 3.06. The quantitative estimate of drug-likeness (QED) is 0.555. The van der Waals surface area contributed by atoms with Gasteiger partial charge < -0.3 is 4.74 Å². The SMILES string of the molecule is Clc1ccc(COc2ccc(C=Nc3ccccc3)cc2)cc1. The lowest BCUT2D eigenvalue weighted by molar-refractivity contribution is 0.306. The van der Waals surface area contributed by atoms with Crippen molar-refractivity contribution in [1.82, 2.24) is 0 Å². The third-order valence-corrected chi connectivity index (χ3v) is 3.57. The summed E-state index contributed by atoms with van der Waals surface area (Å²) in [6.45, 7) is 0.522. The topological polar surface area (TPSA) is 21.6 Å². The number of halogens is 1. The lowest BCUT2D eigenvalue weighted by Crippen LogP contribution is -1.95. The van der Waals surface area contributed by atoms with Gasteiger partial charge in [0.25, 0.3) is 0 Å². The Morgan fingerprint density at radius 2 is 1.52 bits per heavy atom. The van der Waals surface area contributed by atoms with Crippen LogP contribution in [0.3, 0.4) is 0 Å². The zero-order valence-corrected chi connectivity index (χ0v) is 13.3.